The zero-order chi connectivity index (χ0) is 13.9. The van der Waals surface area contributed by atoms with E-state index in [2.05, 4.69) is 10.3 Å². The first-order chi connectivity index (χ1) is 8.98. The monoisotopic (exact) mass is 274 g/mol. The fourth-order valence-corrected chi connectivity index (χ4v) is 2.38. The van der Waals surface area contributed by atoms with Crippen LogP contribution in [-0.4, -0.2) is 10.9 Å². The van der Waals surface area contributed by atoms with E-state index in [1.54, 1.807) is 17.5 Å². The van der Waals surface area contributed by atoms with Crippen LogP contribution in [0.3, 0.4) is 0 Å². The van der Waals surface area contributed by atoms with Gasteiger partial charge in [-0.1, -0.05) is 45.0 Å². The van der Waals surface area contributed by atoms with Crippen molar-refractivity contribution < 1.29 is 4.79 Å². The van der Waals surface area contributed by atoms with Gasteiger partial charge in [-0.2, -0.15) is 0 Å². The van der Waals surface area contributed by atoms with Crippen LogP contribution < -0.4 is 5.32 Å². The summed E-state index contributed by atoms with van der Waals surface area (Å²) < 4.78 is 0. The summed E-state index contributed by atoms with van der Waals surface area (Å²) in [5, 5.41) is 5.92. The maximum atomic E-state index is 11.9. The summed E-state index contributed by atoms with van der Waals surface area (Å²) in [6.07, 6.45) is 1.80. The molecule has 2 aromatic rings. The average Bonchev–Trinajstić information content (AvgIpc) is 2.88. The first kappa shape index (κ1) is 13.7. The number of carbonyl (C=O) groups is 1. The highest BCUT2D eigenvalue weighted by Crippen LogP contribution is 2.25. The van der Waals surface area contributed by atoms with E-state index in [9.17, 15) is 4.79 Å². The van der Waals surface area contributed by atoms with Crippen molar-refractivity contribution in [3.63, 3.8) is 0 Å². The van der Waals surface area contributed by atoms with Gasteiger partial charge in [0.05, 0.1) is 0 Å². The lowest BCUT2D eigenvalue weighted by molar-refractivity contribution is -0.128. The van der Waals surface area contributed by atoms with E-state index < -0.39 is 0 Å². The van der Waals surface area contributed by atoms with Crippen molar-refractivity contribution in [1.29, 1.82) is 0 Å². The molecule has 0 bridgehead atoms. The predicted octanol–water partition coefficient (Wildman–Crippen LogP) is 3.47. The average molecular weight is 274 g/mol. The summed E-state index contributed by atoms with van der Waals surface area (Å²) in [6, 6.07) is 8.04. The van der Waals surface area contributed by atoms with Gasteiger partial charge < -0.3 is 5.32 Å². The van der Waals surface area contributed by atoms with Gasteiger partial charge >= 0.3 is 0 Å². The van der Waals surface area contributed by atoms with Crippen molar-refractivity contribution >= 4 is 17.2 Å². The molecule has 1 amide bonds. The van der Waals surface area contributed by atoms with Crippen LogP contribution in [0.1, 0.15) is 26.3 Å². The summed E-state index contributed by atoms with van der Waals surface area (Å²) in [4.78, 5) is 16.2. The fraction of sp³-hybridized carbons (Fsp3) is 0.333. The molecular weight excluding hydrogens is 256 g/mol. The lowest BCUT2D eigenvalue weighted by atomic mass is 9.95. The van der Waals surface area contributed by atoms with E-state index in [1.165, 1.54) is 0 Å². The van der Waals surface area contributed by atoms with Crippen LogP contribution in [0.25, 0.3) is 10.6 Å². The summed E-state index contributed by atoms with van der Waals surface area (Å²) in [7, 11) is 0. The molecule has 0 aliphatic rings. The maximum absolute atomic E-state index is 11.9. The summed E-state index contributed by atoms with van der Waals surface area (Å²) in [5.74, 6) is 0.0569. The Morgan fingerprint density at radius 2 is 2.05 bits per heavy atom. The zero-order valence-electron chi connectivity index (χ0n) is 11.4. The van der Waals surface area contributed by atoms with Gasteiger partial charge in [-0.05, 0) is 5.56 Å². The van der Waals surface area contributed by atoms with Gasteiger partial charge in [0.1, 0.15) is 5.01 Å². The first-order valence-corrected chi connectivity index (χ1v) is 7.12. The van der Waals surface area contributed by atoms with Crippen molar-refractivity contribution in [3.05, 3.63) is 41.4 Å². The Morgan fingerprint density at radius 3 is 2.68 bits per heavy atom. The summed E-state index contributed by atoms with van der Waals surface area (Å²) in [6.45, 7) is 6.27. The Labute approximate surface area is 117 Å². The third kappa shape index (κ3) is 3.41. The van der Waals surface area contributed by atoms with Crippen molar-refractivity contribution in [3.8, 4) is 10.6 Å². The molecule has 1 aromatic carbocycles. The topological polar surface area (TPSA) is 42.0 Å². The largest absolute Gasteiger partial charge is 0.352 e. The number of thiazole rings is 1. The van der Waals surface area contributed by atoms with Crippen LogP contribution in [0.15, 0.2) is 35.8 Å². The molecule has 0 aliphatic carbocycles. The number of nitrogens with zero attached hydrogens (tertiary/aromatic N) is 1. The van der Waals surface area contributed by atoms with E-state index >= 15 is 0 Å². The molecule has 0 aliphatic heterocycles. The molecular formula is C15H18N2OS. The minimum atomic E-state index is -0.365. The minimum Gasteiger partial charge on any atom is -0.352 e. The van der Waals surface area contributed by atoms with Gasteiger partial charge in [0.25, 0.3) is 0 Å². The maximum Gasteiger partial charge on any atom is 0.225 e. The molecule has 0 radical (unpaired) electrons. The van der Waals surface area contributed by atoms with Gasteiger partial charge in [0.15, 0.2) is 0 Å². The molecule has 0 fully saturated rings. The Morgan fingerprint density at radius 1 is 1.32 bits per heavy atom. The fourth-order valence-electron chi connectivity index (χ4n) is 1.68. The van der Waals surface area contributed by atoms with Gasteiger partial charge in [0, 0.05) is 29.1 Å². The zero-order valence-corrected chi connectivity index (χ0v) is 12.3. The lowest BCUT2D eigenvalue weighted by Crippen LogP contribution is -2.34. The molecule has 19 heavy (non-hydrogen) atoms. The van der Waals surface area contributed by atoms with E-state index in [1.807, 2.05) is 50.4 Å². The Bertz CT molecular complexity index is 556. The van der Waals surface area contributed by atoms with Crippen LogP contribution in [0.2, 0.25) is 0 Å². The molecule has 1 aromatic heterocycles. The van der Waals surface area contributed by atoms with Crippen molar-refractivity contribution in [2.24, 2.45) is 5.41 Å². The van der Waals surface area contributed by atoms with Gasteiger partial charge in [-0.3, -0.25) is 4.79 Å². The number of aromatic nitrogens is 1. The highest BCUT2D eigenvalue weighted by molar-refractivity contribution is 7.13. The molecule has 0 atom stereocenters. The van der Waals surface area contributed by atoms with Crippen LogP contribution in [0, 0.1) is 5.41 Å². The molecule has 1 N–H and O–H groups in total. The normalized spacial score (nSPS) is 11.3. The second-order valence-electron chi connectivity index (χ2n) is 5.43. The molecule has 3 nitrogen and oxygen atoms in total. The lowest BCUT2D eigenvalue weighted by Gasteiger charge is -2.18. The summed E-state index contributed by atoms with van der Waals surface area (Å²) in [5.41, 5.74) is 1.82. The van der Waals surface area contributed by atoms with E-state index in [0.717, 1.165) is 16.1 Å². The van der Waals surface area contributed by atoms with Gasteiger partial charge in [0.2, 0.25) is 5.91 Å². The number of nitrogens with one attached hydrogen (secondary N) is 1. The molecule has 4 heteroatoms. The molecule has 0 unspecified atom stereocenters. The SMILES string of the molecule is CC(C)(C)C(=O)NCc1ccccc1-c1nccs1. The van der Waals surface area contributed by atoms with Crippen molar-refractivity contribution in [2.45, 2.75) is 27.3 Å². The van der Waals surface area contributed by atoms with Gasteiger partial charge in [-0.25, -0.2) is 4.98 Å². The van der Waals surface area contributed by atoms with Crippen molar-refractivity contribution in [1.82, 2.24) is 10.3 Å². The third-order valence-electron chi connectivity index (χ3n) is 2.80. The number of carbonyl (C=O) groups excluding carboxylic acids is 1. The standard InChI is InChI=1S/C15H18N2OS/c1-15(2,3)14(18)17-10-11-6-4-5-7-12(11)13-16-8-9-19-13/h4-9H,10H2,1-3H3,(H,17,18). The number of amides is 1. The highest BCUT2D eigenvalue weighted by atomic mass is 32.1. The number of rotatable bonds is 3. The van der Waals surface area contributed by atoms with E-state index in [0.29, 0.717) is 6.54 Å². The van der Waals surface area contributed by atoms with Crippen LogP contribution in [-0.2, 0) is 11.3 Å². The molecule has 0 saturated heterocycles. The number of hydrogen-bond donors (Lipinski definition) is 1. The molecule has 1 heterocycles. The molecule has 2 rings (SSSR count). The third-order valence-corrected chi connectivity index (χ3v) is 3.61. The molecule has 100 valence electrons. The Kier molecular flexibility index (Phi) is 4.00. The van der Waals surface area contributed by atoms with Crippen LogP contribution in [0.5, 0.6) is 0 Å². The Hall–Kier alpha value is -1.68. The second kappa shape index (κ2) is 5.53. The molecule has 0 spiro atoms. The van der Waals surface area contributed by atoms with Crippen LogP contribution >= 0.6 is 11.3 Å². The summed E-state index contributed by atoms with van der Waals surface area (Å²) >= 11 is 1.61. The quantitative estimate of drug-likeness (QED) is 0.931. The first-order valence-electron chi connectivity index (χ1n) is 6.24. The van der Waals surface area contributed by atoms with Gasteiger partial charge in [-0.15, -0.1) is 11.3 Å². The van der Waals surface area contributed by atoms with Crippen molar-refractivity contribution in [2.75, 3.05) is 0 Å². The number of benzene rings is 1. The van der Waals surface area contributed by atoms with Crippen LogP contribution in [0.4, 0.5) is 0 Å². The predicted molar refractivity (Wildman–Crippen MR) is 78.9 cm³/mol. The highest BCUT2D eigenvalue weighted by Gasteiger charge is 2.20. The second-order valence-corrected chi connectivity index (χ2v) is 6.32. The van der Waals surface area contributed by atoms with E-state index in [4.69, 9.17) is 0 Å². The van der Waals surface area contributed by atoms with E-state index in [-0.39, 0.29) is 11.3 Å². The number of hydrogen-bond acceptors (Lipinski definition) is 3. The molecule has 0 saturated carbocycles. The smallest absolute Gasteiger partial charge is 0.225 e. The minimum absolute atomic E-state index is 0.0569. The Balaban J connectivity index is 2.16.